The number of nitrogens with zero attached hydrogens (tertiary/aromatic N) is 2. The van der Waals surface area contributed by atoms with Crippen LogP contribution in [0.1, 0.15) is 12.0 Å². The van der Waals surface area contributed by atoms with Crippen molar-refractivity contribution < 1.29 is 36.6 Å². The number of rotatable bonds is 5. The molecular formula is C19H13Cl2F5N2O3. The van der Waals surface area contributed by atoms with Crippen LogP contribution in [0.15, 0.2) is 53.6 Å². The molecule has 1 N–H and O–H groups in total. The number of hydrogen-bond donors (Lipinski definition) is 1. The van der Waals surface area contributed by atoms with Gasteiger partial charge in [0.1, 0.15) is 5.75 Å². The van der Waals surface area contributed by atoms with Crippen molar-refractivity contribution in [2.75, 3.05) is 6.61 Å². The lowest BCUT2D eigenvalue weighted by atomic mass is 9.95. The van der Waals surface area contributed by atoms with E-state index in [2.05, 4.69) is 5.10 Å². The maximum atomic E-state index is 14.3. The molecule has 0 unspecified atom stereocenters. The van der Waals surface area contributed by atoms with Gasteiger partial charge in [-0.3, -0.25) is 4.79 Å². The highest BCUT2D eigenvalue weighted by Gasteiger charge is 2.75. The average molecular weight is 483 g/mol. The van der Waals surface area contributed by atoms with Gasteiger partial charge in [-0.25, -0.2) is 0 Å². The largest absolute Gasteiger partial charge is 0.482 e. The normalized spacial score (nSPS) is 19.4. The van der Waals surface area contributed by atoms with Gasteiger partial charge in [-0.05, 0) is 23.8 Å². The van der Waals surface area contributed by atoms with E-state index in [1.807, 2.05) is 0 Å². The van der Waals surface area contributed by atoms with E-state index >= 15 is 0 Å². The van der Waals surface area contributed by atoms with Crippen molar-refractivity contribution in [2.45, 2.75) is 24.2 Å². The number of hydrazone groups is 1. The fourth-order valence-corrected chi connectivity index (χ4v) is 3.33. The standard InChI is InChI=1S/C19H13Cl2F5N2O3/c20-12-6-7-15(13(21)8-12)31-10-16(29)28-17(30,18(22,23)19(24,25)26)9-14(27-28)11-4-2-1-3-5-11/h1-8,30H,9-10H2/t17-/m1/s1. The van der Waals surface area contributed by atoms with E-state index < -0.39 is 36.8 Å². The molecule has 2 aromatic carbocycles. The van der Waals surface area contributed by atoms with Crippen molar-refractivity contribution in [3.05, 3.63) is 64.1 Å². The summed E-state index contributed by atoms with van der Waals surface area (Å²) in [6.45, 7) is -1.02. The van der Waals surface area contributed by atoms with Gasteiger partial charge in [0.05, 0.1) is 10.7 Å². The molecule has 1 atom stereocenters. The predicted molar refractivity (Wildman–Crippen MR) is 102 cm³/mol. The molecule has 2 aromatic rings. The second kappa shape index (κ2) is 8.25. The molecule has 1 heterocycles. The summed E-state index contributed by atoms with van der Waals surface area (Å²) < 4.78 is 72.9. The third-order valence-electron chi connectivity index (χ3n) is 4.43. The van der Waals surface area contributed by atoms with Crippen LogP contribution in [0, 0.1) is 0 Å². The summed E-state index contributed by atoms with van der Waals surface area (Å²) in [4.78, 5) is 12.5. The van der Waals surface area contributed by atoms with Crippen LogP contribution in [-0.2, 0) is 4.79 Å². The summed E-state index contributed by atoms with van der Waals surface area (Å²) in [5.41, 5.74) is -4.15. The molecule has 1 amide bonds. The number of benzene rings is 2. The van der Waals surface area contributed by atoms with Crippen molar-refractivity contribution in [1.29, 1.82) is 0 Å². The van der Waals surface area contributed by atoms with Crippen LogP contribution in [0.25, 0.3) is 0 Å². The highest BCUT2D eigenvalue weighted by Crippen LogP contribution is 2.49. The first-order valence-electron chi connectivity index (χ1n) is 8.57. The zero-order valence-corrected chi connectivity index (χ0v) is 16.8. The van der Waals surface area contributed by atoms with Crippen molar-refractivity contribution in [1.82, 2.24) is 5.01 Å². The van der Waals surface area contributed by atoms with Crippen molar-refractivity contribution >= 4 is 34.8 Å². The van der Waals surface area contributed by atoms with E-state index in [0.717, 1.165) is 0 Å². The van der Waals surface area contributed by atoms with Gasteiger partial charge in [0.15, 0.2) is 6.61 Å². The molecule has 31 heavy (non-hydrogen) atoms. The van der Waals surface area contributed by atoms with E-state index in [-0.39, 0.29) is 32.1 Å². The maximum absolute atomic E-state index is 14.3. The van der Waals surface area contributed by atoms with Gasteiger partial charge in [0, 0.05) is 11.4 Å². The molecule has 0 bridgehead atoms. The van der Waals surface area contributed by atoms with Crippen LogP contribution in [0.3, 0.4) is 0 Å². The SMILES string of the molecule is O=C(COc1ccc(Cl)cc1Cl)N1N=C(c2ccccc2)C[C@@]1(O)C(F)(F)C(F)(F)F. The van der Waals surface area contributed by atoms with Gasteiger partial charge in [-0.15, -0.1) is 0 Å². The Bertz CT molecular complexity index is 1020. The molecule has 0 radical (unpaired) electrons. The zero-order valence-electron chi connectivity index (χ0n) is 15.3. The van der Waals surface area contributed by atoms with Crippen LogP contribution in [0.5, 0.6) is 5.75 Å². The van der Waals surface area contributed by atoms with Gasteiger partial charge < -0.3 is 9.84 Å². The Labute approximate surface area is 182 Å². The molecule has 5 nitrogen and oxygen atoms in total. The van der Waals surface area contributed by atoms with E-state index in [4.69, 9.17) is 27.9 Å². The Morgan fingerprint density at radius 1 is 1.13 bits per heavy atom. The fraction of sp³-hybridized carbons (Fsp3) is 0.263. The first kappa shape index (κ1) is 23.2. The number of hydrogen-bond acceptors (Lipinski definition) is 4. The van der Waals surface area contributed by atoms with Crippen molar-refractivity contribution in [3.8, 4) is 5.75 Å². The molecule has 1 aliphatic heterocycles. The molecule has 1 aliphatic rings. The number of ether oxygens (including phenoxy) is 1. The van der Waals surface area contributed by atoms with Crippen LogP contribution in [-0.4, -0.2) is 46.2 Å². The van der Waals surface area contributed by atoms with E-state index in [0.29, 0.717) is 0 Å². The lowest BCUT2D eigenvalue weighted by Crippen LogP contribution is -2.65. The van der Waals surface area contributed by atoms with Crippen LogP contribution >= 0.6 is 23.2 Å². The number of amides is 1. The summed E-state index contributed by atoms with van der Waals surface area (Å²) in [6, 6.07) is 11.3. The highest BCUT2D eigenvalue weighted by atomic mass is 35.5. The summed E-state index contributed by atoms with van der Waals surface area (Å²) in [7, 11) is 0. The number of carbonyl (C=O) groups is 1. The Hall–Kier alpha value is -2.43. The lowest BCUT2D eigenvalue weighted by Gasteiger charge is -2.37. The van der Waals surface area contributed by atoms with Gasteiger partial charge in [0.25, 0.3) is 5.91 Å². The lowest BCUT2D eigenvalue weighted by molar-refractivity contribution is -0.363. The summed E-state index contributed by atoms with van der Waals surface area (Å²) >= 11 is 11.6. The van der Waals surface area contributed by atoms with Gasteiger partial charge >= 0.3 is 12.1 Å². The first-order chi connectivity index (χ1) is 14.4. The topological polar surface area (TPSA) is 62.1 Å². The smallest absolute Gasteiger partial charge is 0.458 e. The molecule has 0 saturated heterocycles. The molecule has 3 rings (SSSR count). The van der Waals surface area contributed by atoms with E-state index in [1.165, 1.54) is 42.5 Å². The van der Waals surface area contributed by atoms with E-state index in [9.17, 15) is 31.9 Å². The first-order valence-corrected chi connectivity index (χ1v) is 9.33. The molecule has 0 saturated carbocycles. The number of aliphatic hydroxyl groups is 1. The highest BCUT2D eigenvalue weighted by molar-refractivity contribution is 6.35. The zero-order chi connectivity index (χ0) is 23.0. The van der Waals surface area contributed by atoms with Gasteiger partial charge in [-0.2, -0.15) is 32.1 Å². The predicted octanol–water partition coefficient (Wildman–Crippen LogP) is 4.90. The van der Waals surface area contributed by atoms with Crippen LogP contribution in [0.4, 0.5) is 22.0 Å². The van der Waals surface area contributed by atoms with E-state index in [1.54, 1.807) is 6.07 Å². The fourth-order valence-electron chi connectivity index (χ4n) is 2.86. The van der Waals surface area contributed by atoms with Crippen molar-refractivity contribution in [3.63, 3.8) is 0 Å². The molecule has 0 fully saturated rings. The Morgan fingerprint density at radius 3 is 2.35 bits per heavy atom. The molecule has 0 aromatic heterocycles. The number of alkyl halides is 5. The minimum atomic E-state index is -6.15. The monoisotopic (exact) mass is 482 g/mol. The summed E-state index contributed by atoms with van der Waals surface area (Å²) in [5.74, 6) is -7.20. The second-order valence-electron chi connectivity index (χ2n) is 6.55. The maximum Gasteiger partial charge on any atom is 0.458 e. The third kappa shape index (κ3) is 4.32. The summed E-state index contributed by atoms with van der Waals surface area (Å²) in [5, 5.41) is 13.9. The Balaban J connectivity index is 1.93. The van der Waals surface area contributed by atoms with Crippen molar-refractivity contribution in [2.24, 2.45) is 5.10 Å². The van der Waals surface area contributed by atoms with Gasteiger partial charge in [-0.1, -0.05) is 53.5 Å². The Kier molecular flexibility index (Phi) is 6.18. The molecule has 12 heteroatoms. The second-order valence-corrected chi connectivity index (χ2v) is 7.39. The van der Waals surface area contributed by atoms with Crippen LogP contribution in [0.2, 0.25) is 10.0 Å². The minimum absolute atomic E-state index is 0.0221. The number of carbonyl (C=O) groups excluding carboxylic acids is 1. The summed E-state index contributed by atoms with van der Waals surface area (Å²) in [6.07, 6.45) is -7.40. The van der Waals surface area contributed by atoms with Crippen LogP contribution < -0.4 is 4.74 Å². The average Bonchev–Trinajstić information content (AvgIpc) is 3.06. The minimum Gasteiger partial charge on any atom is -0.482 e. The third-order valence-corrected chi connectivity index (χ3v) is 4.96. The number of halogens is 7. The molecular weight excluding hydrogens is 470 g/mol. The molecule has 0 spiro atoms. The molecule has 0 aliphatic carbocycles. The Morgan fingerprint density at radius 2 is 1.77 bits per heavy atom. The van der Waals surface area contributed by atoms with Gasteiger partial charge in [0.2, 0.25) is 5.72 Å². The molecule has 166 valence electrons. The quantitative estimate of drug-likeness (QED) is 0.616.